The highest BCUT2D eigenvalue weighted by molar-refractivity contribution is 7.98. The molecule has 3 rings (SSSR count). The first-order valence-electron chi connectivity index (χ1n) is 8.32. The summed E-state index contributed by atoms with van der Waals surface area (Å²) in [5.41, 5.74) is 4.25. The van der Waals surface area contributed by atoms with Gasteiger partial charge in [0.25, 0.3) is 0 Å². The number of hydrogen-bond acceptors (Lipinski definition) is 2. The summed E-state index contributed by atoms with van der Waals surface area (Å²) in [6.07, 6.45) is 0.395. The second-order valence-corrected chi connectivity index (χ2v) is 7.01. The lowest BCUT2D eigenvalue weighted by molar-refractivity contribution is -0.115. The number of carbonyl (C=O) groups excluding carboxylic acids is 1. The number of hydrogen-bond donors (Lipinski definition) is 1. The summed E-state index contributed by atoms with van der Waals surface area (Å²) < 4.78 is 0. The highest BCUT2D eigenvalue weighted by Gasteiger charge is 2.07. The molecule has 0 spiro atoms. The van der Waals surface area contributed by atoms with Gasteiger partial charge < -0.3 is 5.32 Å². The predicted molar refractivity (Wildman–Crippen MR) is 106 cm³/mol. The second-order valence-electron chi connectivity index (χ2n) is 5.96. The maximum Gasteiger partial charge on any atom is 0.228 e. The van der Waals surface area contributed by atoms with Crippen molar-refractivity contribution in [1.82, 2.24) is 0 Å². The lowest BCUT2D eigenvalue weighted by atomic mass is 10.1. The minimum atomic E-state index is 0.0145. The Morgan fingerprint density at radius 3 is 2.24 bits per heavy atom. The number of carbonyl (C=O) groups is 1. The zero-order chi connectivity index (χ0) is 17.5. The maximum atomic E-state index is 12.2. The summed E-state index contributed by atoms with van der Waals surface area (Å²) in [5, 5.41) is 3.01. The van der Waals surface area contributed by atoms with E-state index >= 15 is 0 Å². The largest absolute Gasteiger partial charge is 0.326 e. The van der Waals surface area contributed by atoms with Crippen molar-refractivity contribution in [2.24, 2.45) is 0 Å². The van der Waals surface area contributed by atoms with Crippen LogP contribution in [0.25, 0.3) is 0 Å². The van der Waals surface area contributed by atoms with Crippen LogP contribution in [0.3, 0.4) is 0 Å². The highest BCUT2D eigenvalue weighted by atomic mass is 32.2. The molecule has 3 aromatic rings. The topological polar surface area (TPSA) is 29.1 Å². The molecule has 0 aromatic heterocycles. The maximum absolute atomic E-state index is 12.2. The van der Waals surface area contributed by atoms with Crippen LogP contribution in [-0.4, -0.2) is 5.91 Å². The number of thioether (sulfide) groups is 1. The van der Waals surface area contributed by atoms with Crippen molar-refractivity contribution in [2.45, 2.75) is 24.0 Å². The second kappa shape index (κ2) is 8.54. The van der Waals surface area contributed by atoms with Crippen molar-refractivity contribution in [1.29, 1.82) is 0 Å². The van der Waals surface area contributed by atoms with Gasteiger partial charge in [-0.2, -0.15) is 0 Å². The summed E-state index contributed by atoms with van der Waals surface area (Å²) in [4.78, 5) is 13.5. The van der Waals surface area contributed by atoms with Crippen molar-refractivity contribution in [3.63, 3.8) is 0 Å². The van der Waals surface area contributed by atoms with Crippen LogP contribution in [-0.2, 0) is 17.0 Å². The molecular formula is C22H21NOS. The van der Waals surface area contributed by atoms with Crippen LogP contribution >= 0.6 is 11.8 Å². The minimum Gasteiger partial charge on any atom is -0.326 e. The lowest BCUT2D eigenvalue weighted by Gasteiger charge is -2.10. The number of anilines is 1. The fourth-order valence-electron chi connectivity index (χ4n) is 2.61. The summed E-state index contributed by atoms with van der Waals surface area (Å²) >= 11 is 1.82. The SMILES string of the molecule is Cc1cc(CSc2ccccc2)ccc1NC(=O)Cc1ccccc1. The van der Waals surface area contributed by atoms with Crippen LogP contribution in [0.1, 0.15) is 16.7 Å². The van der Waals surface area contributed by atoms with Crippen molar-refractivity contribution >= 4 is 23.4 Å². The van der Waals surface area contributed by atoms with E-state index < -0.39 is 0 Å². The molecule has 126 valence electrons. The number of rotatable bonds is 6. The van der Waals surface area contributed by atoms with Gasteiger partial charge >= 0.3 is 0 Å². The molecule has 1 N–H and O–H groups in total. The average molecular weight is 347 g/mol. The Kier molecular flexibility index (Phi) is 5.91. The van der Waals surface area contributed by atoms with Crippen molar-refractivity contribution in [3.8, 4) is 0 Å². The van der Waals surface area contributed by atoms with Crippen LogP contribution in [0.4, 0.5) is 5.69 Å². The third-order valence-electron chi connectivity index (χ3n) is 3.92. The van der Waals surface area contributed by atoms with E-state index in [1.165, 1.54) is 10.5 Å². The first kappa shape index (κ1) is 17.3. The summed E-state index contributed by atoms with van der Waals surface area (Å²) in [7, 11) is 0. The molecule has 0 aliphatic heterocycles. The average Bonchev–Trinajstić information content (AvgIpc) is 2.64. The molecule has 3 heteroatoms. The van der Waals surface area contributed by atoms with Gasteiger partial charge in [0, 0.05) is 16.3 Å². The summed E-state index contributed by atoms with van der Waals surface area (Å²) in [5.74, 6) is 0.934. The standard InChI is InChI=1S/C22H21NOS/c1-17-14-19(16-25-20-10-6-3-7-11-20)12-13-21(17)23-22(24)15-18-8-4-2-5-9-18/h2-14H,15-16H2,1H3,(H,23,24). The van der Waals surface area contributed by atoms with E-state index in [-0.39, 0.29) is 5.91 Å². The Morgan fingerprint density at radius 1 is 0.880 bits per heavy atom. The molecule has 0 heterocycles. The van der Waals surface area contributed by atoms with Crippen LogP contribution in [0.2, 0.25) is 0 Å². The molecular weight excluding hydrogens is 326 g/mol. The van der Waals surface area contributed by atoms with Gasteiger partial charge in [-0.1, -0.05) is 60.7 Å². The van der Waals surface area contributed by atoms with Gasteiger partial charge in [-0.15, -0.1) is 11.8 Å². The van der Waals surface area contributed by atoms with Gasteiger partial charge in [0.2, 0.25) is 5.91 Å². The molecule has 0 atom stereocenters. The third kappa shape index (κ3) is 5.23. The molecule has 0 aliphatic carbocycles. The molecule has 3 aromatic carbocycles. The van der Waals surface area contributed by atoms with E-state index in [0.29, 0.717) is 6.42 Å². The van der Waals surface area contributed by atoms with Gasteiger partial charge in [0.05, 0.1) is 6.42 Å². The van der Waals surface area contributed by atoms with Crippen LogP contribution in [0.5, 0.6) is 0 Å². The van der Waals surface area contributed by atoms with Crippen molar-refractivity contribution in [2.75, 3.05) is 5.32 Å². The Bertz CT molecular complexity index is 831. The molecule has 0 bridgehead atoms. The van der Waals surface area contributed by atoms with E-state index in [9.17, 15) is 4.79 Å². The smallest absolute Gasteiger partial charge is 0.228 e. The number of aryl methyl sites for hydroxylation is 1. The predicted octanol–water partition coefficient (Wildman–Crippen LogP) is 5.47. The first-order valence-corrected chi connectivity index (χ1v) is 9.30. The molecule has 25 heavy (non-hydrogen) atoms. The van der Waals surface area contributed by atoms with Crippen molar-refractivity contribution < 1.29 is 4.79 Å². The number of amides is 1. The van der Waals surface area contributed by atoms with Gasteiger partial charge in [0.1, 0.15) is 0 Å². The zero-order valence-corrected chi connectivity index (χ0v) is 15.1. The van der Waals surface area contributed by atoms with Gasteiger partial charge in [-0.25, -0.2) is 0 Å². The Hall–Kier alpha value is -2.52. The van der Waals surface area contributed by atoms with Crippen LogP contribution < -0.4 is 5.32 Å². The summed E-state index contributed by atoms with van der Waals surface area (Å²) in [6, 6.07) is 26.4. The van der Waals surface area contributed by atoms with Gasteiger partial charge in [0.15, 0.2) is 0 Å². The van der Waals surface area contributed by atoms with Gasteiger partial charge in [-0.05, 0) is 41.8 Å². The Labute approximate surface area is 153 Å². The molecule has 1 amide bonds. The molecule has 0 aliphatic rings. The van der Waals surface area contributed by atoms with Crippen molar-refractivity contribution in [3.05, 3.63) is 95.6 Å². The Morgan fingerprint density at radius 2 is 1.56 bits per heavy atom. The number of benzene rings is 3. The highest BCUT2D eigenvalue weighted by Crippen LogP contribution is 2.25. The van der Waals surface area contributed by atoms with E-state index in [0.717, 1.165) is 22.6 Å². The molecule has 2 nitrogen and oxygen atoms in total. The van der Waals surface area contributed by atoms with E-state index in [2.05, 4.69) is 41.7 Å². The first-order chi connectivity index (χ1) is 12.2. The van der Waals surface area contributed by atoms with Crippen LogP contribution in [0, 0.1) is 6.92 Å². The molecule has 0 saturated carbocycles. The van der Waals surface area contributed by atoms with E-state index in [4.69, 9.17) is 0 Å². The quantitative estimate of drug-likeness (QED) is 0.599. The molecule has 0 radical (unpaired) electrons. The fourth-order valence-corrected chi connectivity index (χ4v) is 3.48. The number of nitrogens with one attached hydrogen (secondary N) is 1. The lowest BCUT2D eigenvalue weighted by Crippen LogP contribution is -2.15. The minimum absolute atomic E-state index is 0.0145. The van der Waals surface area contributed by atoms with Gasteiger partial charge in [-0.3, -0.25) is 4.79 Å². The summed E-state index contributed by atoms with van der Waals surface area (Å²) in [6.45, 7) is 2.04. The molecule has 0 fully saturated rings. The zero-order valence-electron chi connectivity index (χ0n) is 14.2. The van der Waals surface area contributed by atoms with E-state index in [1.54, 1.807) is 0 Å². The third-order valence-corrected chi connectivity index (χ3v) is 5.00. The van der Waals surface area contributed by atoms with E-state index in [1.807, 2.05) is 61.2 Å². The van der Waals surface area contributed by atoms with Crippen LogP contribution in [0.15, 0.2) is 83.8 Å². The monoisotopic (exact) mass is 347 g/mol. The Balaban J connectivity index is 1.59. The normalized spacial score (nSPS) is 10.4. The fraction of sp³-hybridized carbons (Fsp3) is 0.136. The molecule has 0 unspecified atom stereocenters. The molecule has 0 saturated heterocycles.